The first kappa shape index (κ1) is 15.6. The largest absolute Gasteiger partial charge is 0.178 e. The average Bonchev–Trinajstić information content (AvgIpc) is 2.35. The zero-order valence-electron chi connectivity index (χ0n) is 12.8. The van der Waals surface area contributed by atoms with Crippen molar-refractivity contribution >= 4 is 12.9 Å². The fourth-order valence-electron chi connectivity index (χ4n) is 2.24. The van der Waals surface area contributed by atoms with E-state index in [-0.39, 0.29) is 0 Å². The third kappa shape index (κ3) is 4.94. The lowest BCUT2D eigenvalue weighted by Crippen LogP contribution is -2.00. The Hall–Kier alpha value is -1.50. The predicted molar refractivity (Wildman–Crippen MR) is 88.2 cm³/mol. The smallest absolute Gasteiger partial charge is 0.113 e. The van der Waals surface area contributed by atoms with Gasteiger partial charge in [0.15, 0.2) is 7.28 Å². The van der Waals surface area contributed by atoms with Gasteiger partial charge in [-0.2, -0.15) is 0 Å². The summed E-state index contributed by atoms with van der Waals surface area (Å²) >= 11 is 0. The minimum atomic E-state index is 0.508. The summed E-state index contributed by atoms with van der Waals surface area (Å²) in [6, 6.07) is 10.6. The number of hydrogen-bond donors (Lipinski definition) is 0. The van der Waals surface area contributed by atoms with Gasteiger partial charge < -0.3 is 0 Å². The average molecular weight is 251 g/mol. The molecule has 1 aromatic rings. The van der Waals surface area contributed by atoms with Crippen molar-refractivity contribution in [3.05, 3.63) is 65.1 Å². The second-order valence-electron chi connectivity index (χ2n) is 5.48. The molecule has 0 atom stereocenters. The molecular formula is C18H24B. The molecule has 0 N–H and O–H groups in total. The Morgan fingerprint density at radius 2 is 1.68 bits per heavy atom. The Balaban J connectivity index is 3.17. The van der Waals surface area contributed by atoms with Crippen molar-refractivity contribution in [1.29, 1.82) is 0 Å². The van der Waals surface area contributed by atoms with Crippen LogP contribution in [-0.2, 0) is 0 Å². The van der Waals surface area contributed by atoms with E-state index in [0.29, 0.717) is 5.92 Å². The SMILES string of the molecule is C=C(C)[B]/C(C)=C/C(=C(/C)c1ccccc1)C(C)C. The first-order valence-corrected chi connectivity index (χ1v) is 6.86. The summed E-state index contributed by atoms with van der Waals surface area (Å²) in [5.74, 6) is 0.508. The van der Waals surface area contributed by atoms with Gasteiger partial charge >= 0.3 is 0 Å². The van der Waals surface area contributed by atoms with Crippen LogP contribution in [0.3, 0.4) is 0 Å². The van der Waals surface area contributed by atoms with Crippen LogP contribution >= 0.6 is 0 Å². The van der Waals surface area contributed by atoms with Gasteiger partial charge in [-0.15, -0.1) is 17.5 Å². The normalized spacial score (nSPS) is 13.3. The van der Waals surface area contributed by atoms with Crippen molar-refractivity contribution in [2.24, 2.45) is 5.92 Å². The molecule has 0 spiro atoms. The van der Waals surface area contributed by atoms with E-state index in [1.807, 2.05) is 6.92 Å². The van der Waals surface area contributed by atoms with Crippen LogP contribution in [0, 0.1) is 5.92 Å². The maximum atomic E-state index is 3.94. The Kier molecular flexibility index (Phi) is 5.88. The van der Waals surface area contributed by atoms with Crippen LogP contribution in [0.1, 0.15) is 40.2 Å². The van der Waals surface area contributed by atoms with E-state index >= 15 is 0 Å². The van der Waals surface area contributed by atoms with E-state index in [0.717, 1.165) is 5.47 Å². The molecule has 0 aliphatic heterocycles. The third-order valence-corrected chi connectivity index (χ3v) is 3.12. The van der Waals surface area contributed by atoms with Gasteiger partial charge in [0.05, 0.1) is 0 Å². The van der Waals surface area contributed by atoms with Crippen LogP contribution in [0.4, 0.5) is 0 Å². The summed E-state index contributed by atoms with van der Waals surface area (Å²) in [6.45, 7) is 14.8. The summed E-state index contributed by atoms with van der Waals surface area (Å²) in [4.78, 5) is 0. The molecule has 0 aliphatic carbocycles. The molecule has 0 fully saturated rings. The van der Waals surface area contributed by atoms with Crippen LogP contribution < -0.4 is 0 Å². The zero-order chi connectivity index (χ0) is 14.4. The second kappa shape index (κ2) is 7.18. The van der Waals surface area contributed by atoms with Crippen LogP contribution in [0.5, 0.6) is 0 Å². The third-order valence-electron chi connectivity index (χ3n) is 3.12. The molecule has 1 heteroatoms. The highest BCUT2D eigenvalue weighted by molar-refractivity contribution is 6.53. The molecular weight excluding hydrogens is 227 g/mol. The Bertz CT molecular complexity index is 490. The molecule has 1 radical (unpaired) electrons. The molecule has 0 heterocycles. The summed E-state index contributed by atoms with van der Waals surface area (Å²) in [6.07, 6.45) is 2.28. The van der Waals surface area contributed by atoms with Gasteiger partial charge in [0, 0.05) is 0 Å². The van der Waals surface area contributed by atoms with E-state index < -0.39 is 0 Å². The molecule has 0 bridgehead atoms. The van der Waals surface area contributed by atoms with Crippen molar-refractivity contribution in [3.8, 4) is 0 Å². The van der Waals surface area contributed by atoms with Gasteiger partial charge in [0.25, 0.3) is 0 Å². The summed E-state index contributed by atoms with van der Waals surface area (Å²) in [5, 5.41) is 0. The highest BCUT2D eigenvalue weighted by Gasteiger charge is 2.07. The number of benzene rings is 1. The summed E-state index contributed by atoms with van der Waals surface area (Å²) in [7, 11) is 2.13. The molecule has 0 nitrogen and oxygen atoms in total. The fourth-order valence-corrected chi connectivity index (χ4v) is 2.24. The minimum absolute atomic E-state index is 0.508. The first-order chi connectivity index (χ1) is 8.91. The molecule has 0 aliphatic rings. The molecule has 0 amide bonds. The molecule has 0 saturated heterocycles. The molecule has 19 heavy (non-hydrogen) atoms. The molecule has 1 rings (SSSR count). The fraction of sp³-hybridized carbons (Fsp3) is 0.333. The summed E-state index contributed by atoms with van der Waals surface area (Å²) < 4.78 is 0. The zero-order valence-corrected chi connectivity index (χ0v) is 12.8. The predicted octanol–water partition coefficient (Wildman–Crippen LogP) is 5.26. The Morgan fingerprint density at radius 3 is 2.16 bits per heavy atom. The first-order valence-electron chi connectivity index (χ1n) is 6.86. The molecule has 0 saturated carbocycles. The molecule has 99 valence electrons. The van der Waals surface area contributed by atoms with Gasteiger partial charge in [0.2, 0.25) is 0 Å². The summed E-state index contributed by atoms with van der Waals surface area (Å²) in [5.41, 5.74) is 6.39. The molecule has 0 unspecified atom stereocenters. The maximum absolute atomic E-state index is 3.94. The lowest BCUT2D eigenvalue weighted by atomic mass is 9.63. The minimum Gasteiger partial charge on any atom is -0.113 e. The topological polar surface area (TPSA) is 0 Å². The van der Waals surface area contributed by atoms with Crippen molar-refractivity contribution in [2.75, 3.05) is 0 Å². The van der Waals surface area contributed by atoms with Gasteiger partial charge in [-0.1, -0.05) is 64.1 Å². The second-order valence-corrected chi connectivity index (χ2v) is 5.48. The number of rotatable bonds is 5. The van der Waals surface area contributed by atoms with Crippen LogP contribution in [0.15, 0.2) is 59.5 Å². The van der Waals surface area contributed by atoms with Crippen LogP contribution in [0.2, 0.25) is 0 Å². The van der Waals surface area contributed by atoms with Crippen LogP contribution in [0.25, 0.3) is 5.57 Å². The monoisotopic (exact) mass is 251 g/mol. The van der Waals surface area contributed by atoms with E-state index in [2.05, 4.69) is 78.0 Å². The van der Waals surface area contributed by atoms with E-state index in [1.165, 1.54) is 22.2 Å². The Labute approximate surface area is 119 Å². The standard InChI is InChI=1S/C18H24B/c1-13(2)18(12-15(5)19-14(3)4)16(6)17-10-8-7-9-11-17/h7-13H,3H2,1-2,4-6H3/b15-12+,18-16+. The quantitative estimate of drug-likeness (QED) is 0.494. The highest BCUT2D eigenvalue weighted by atomic mass is 14.1. The van der Waals surface area contributed by atoms with Gasteiger partial charge in [-0.3, -0.25) is 0 Å². The number of allylic oxidation sites excluding steroid dienone is 5. The maximum Gasteiger partial charge on any atom is 0.178 e. The Morgan fingerprint density at radius 1 is 1.11 bits per heavy atom. The van der Waals surface area contributed by atoms with Crippen molar-refractivity contribution in [1.82, 2.24) is 0 Å². The van der Waals surface area contributed by atoms with Crippen molar-refractivity contribution in [2.45, 2.75) is 34.6 Å². The molecule has 0 aromatic heterocycles. The number of hydrogen-bond acceptors (Lipinski definition) is 0. The van der Waals surface area contributed by atoms with E-state index in [9.17, 15) is 0 Å². The highest BCUT2D eigenvalue weighted by Crippen LogP contribution is 2.25. The van der Waals surface area contributed by atoms with Gasteiger partial charge in [-0.05, 0) is 29.6 Å². The van der Waals surface area contributed by atoms with Crippen LogP contribution in [-0.4, -0.2) is 7.28 Å². The lowest BCUT2D eigenvalue weighted by Gasteiger charge is -2.14. The molecule has 1 aromatic carbocycles. The van der Waals surface area contributed by atoms with Crippen molar-refractivity contribution < 1.29 is 0 Å². The van der Waals surface area contributed by atoms with E-state index in [4.69, 9.17) is 0 Å². The van der Waals surface area contributed by atoms with Crippen molar-refractivity contribution in [3.63, 3.8) is 0 Å². The van der Waals surface area contributed by atoms with E-state index in [1.54, 1.807) is 0 Å². The lowest BCUT2D eigenvalue weighted by molar-refractivity contribution is 0.792. The van der Waals surface area contributed by atoms with Gasteiger partial charge in [0.1, 0.15) is 0 Å². The van der Waals surface area contributed by atoms with Gasteiger partial charge in [-0.25, -0.2) is 0 Å².